The summed E-state index contributed by atoms with van der Waals surface area (Å²) < 4.78 is 48.0. The number of benzene rings is 1. The third-order valence-corrected chi connectivity index (χ3v) is 7.00. The second-order valence-electron chi connectivity index (χ2n) is 8.70. The maximum absolute atomic E-state index is 14.1. The van der Waals surface area contributed by atoms with Crippen LogP contribution in [0.2, 0.25) is 0 Å². The summed E-state index contributed by atoms with van der Waals surface area (Å²) in [4.78, 5) is 24.0. The van der Waals surface area contributed by atoms with Crippen molar-refractivity contribution in [1.82, 2.24) is 14.9 Å². The fraction of sp³-hybridized carbons (Fsp3) is 0.545. The minimum Gasteiger partial charge on any atom is -0.490 e. The van der Waals surface area contributed by atoms with Gasteiger partial charge in [0.05, 0.1) is 17.9 Å². The first-order chi connectivity index (χ1) is 15.1. The molecule has 1 aliphatic heterocycles. The number of hydrogen-bond acceptors (Lipinski definition) is 5. The van der Waals surface area contributed by atoms with Crippen molar-refractivity contribution in [1.29, 1.82) is 0 Å². The van der Waals surface area contributed by atoms with Crippen LogP contribution in [0.4, 0.5) is 9.18 Å². The van der Waals surface area contributed by atoms with Gasteiger partial charge in [-0.2, -0.15) is 0 Å². The minimum atomic E-state index is -3.60. The zero-order valence-electron chi connectivity index (χ0n) is 18.4. The number of halogens is 1. The maximum atomic E-state index is 14.1. The van der Waals surface area contributed by atoms with E-state index < -0.39 is 27.4 Å². The topological polar surface area (TPSA) is 105 Å². The van der Waals surface area contributed by atoms with Crippen molar-refractivity contribution in [3.63, 3.8) is 0 Å². The first kappa shape index (κ1) is 24.2. The van der Waals surface area contributed by atoms with Crippen molar-refractivity contribution in [2.75, 3.05) is 25.4 Å². The molecule has 1 saturated carbocycles. The highest BCUT2D eigenvalue weighted by atomic mass is 32.2. The molecule has 0 spiro atoms. The van der Waals surface area contributed by atoms with Gasteiger partial charge >= 0.3 is 6.03 Å². The number of nitrogens with one attached hydrogen (secondary N) is 2. The van der Waals surface area contributed by atoms with E-state index in [4.69, 9.17) is 4.74 Å². The van der Waals surface area contributed by atoms with E-state index >= 15 is 0 Å². The SMILES string of the molecule is CC(C)COc1cc(C2(NS(=O)(=O)CC/C=C/CN3CC(=O)NC3=O)CCC2)ccc1F. The second-order valence-corrected chi connectivity index (χ2v) is 10.5. The largest absolute Gasteiger partial charge is 0.490 e. The van der Waals surface area contributed by atoms with Gasteiger partial charge in [-0.25, -0.2) is 22.3 Å². The molecule has 0 bridgehead atoms. The molecule has 32 heavy (non-hydrogen) atoms. The zero-order valence-corrected chi connectivity index (χ0v) is 19.2. The highest BCUT2D eigenvalue weighted by Crippen LogP contribution is 2.43. The molecule has 0 radical (unpaired) electrons. The molecule has 3 amide bonds. The van der Waals surface area contributed by atoms with E-state index in [1.165, 1.54) is 11.0 Å². The molecule has 0 unspecified atom stereocenters. The summed E-state index contributed by atoms with van der Waals surface area (Å²) in [5.74, 6) is -0.560. The molecule has 2 N–H and O–H groups in total. The number of sulfonamides is 1. The van der Waals surface area contributed by atoms with Gasteiger partial charge in [0, 0.05) is 6.54 Å². The summed E-state index contributed by atoms with van der Waals surface area (Å²) in [6.45, 7) is 4.56. The summed E-state index contributed by atoms with van der Waals surface area (Å²) >= 11 is 0. The lowest BCUT2D eigenvalue weighted by Gasteiger charge is -2.42. The summed E-state index contributed by atoms with van der Waals surface area (Å²) in [6.07, 6.45) is 5.76. The molecule has 176 valence electrons. The molecule has 0 atom stereocenters. The normalized spacial score (nSPS) is 18.3. The van der Waals surface area contributed by atoms with Gasteiger partial charge in [0.1, 0.15) is 6.54 Å². The van der Waals surface area contributed by atoms with Gasteiger partial charge in [0.2, 0.25) is 15.9 Å². The monoisotopic (exact) mass is 467 g/mol. The summed E-state index contributed by atoms with van der Waals surface area (Å²) in [6, 6.07) is 4.08. The quantitative estimate of drug-likeness (QED) is 0.385. The Morgan fingerprint density at radius 3 is 2.62 bits per heavy atom. The Labute approximate surface area is 188 Å². The number of imide groups is 1. The van der Waals surface area contributed by atoms with E-state index in [1.54, 1.807) is 24.3 Å². The number of ether oxygens (including phenoxy) is 1. The lowest BCUT2D eigenvalue weighted by molar-refractivity contribution is -0.118. The number of rotatable bonds is 11. The van der Waals surface area contributed by atoms with Crippen LogP contribution in [0.5, 0.6) is 5.75 Å². The predicted molar refractivity (Wildman–Crippen MR) is 118 cm³/mol. The Hall–Kier alpha value is -2.46. The standard InChI is InChI=1S/C22H30FN3O5S/c1-16(2)15-31-19-13-17(7-8-18(19)23)22(9-6-10-22)25-32(29,30)12-5-3-4-11-26-14-20(27)24-21(26)28/h3-4,7-8,13,16,25H,5-6,9-12,14-15H2,1-2H3,(H,24,27,28)/b4-3+. The minimum absolute atomic E-state index is 0.00604. The highest BCUT2D eigenvalue weighted by Gasteiger charge is 2.42. The van der Waals surface area contributed by atoms with Gasteiger partial charge in [0.25, 0.3) is 0 Å². The number of amides is 3. The third kappa shape index (κ3) is 6.07. The average Bonchev–Trinajstić information content (AvgIpc) is 3.01. The van der Waals surface area contributed by atoms with Crippen molar-refractivity contribution in [2.45, 2.75) is 45.1 Å². The molecular weight excluding hydrogens is 437 g/mol. The van der Waals surface area contributed by atoms with E-state index in [2.05, 4.69) is 10.0 Å². The summed E-state index contributed by atoms with van der Waals surface area (Å²) in [7, 11) is -3.60. The lowest BCUT2D eigenvalue weighted by Crippen LogP contribution is -2.51. The lowest BCUT2D eigenvalue weighted by atomic mass is 9.73. The fourth-order valence-corrected chi connectivity index (χ4v) is 5.14. The van der Waals surface area contributed by atoms with Crippen LogP contribution < -0.4 is 14.8 Å². The first-order valence-corrected chi connectivity index (χ1v) is 12.4. The van der Waals surface area contributed by atoms with E-state index in [1.807, 2.05) is 13.8 Å². The molecule has 1 aliphatic carbocycles. The van der Waals surface area contributed by atoms with Gasteiger partial charge in [-0.15, -0.1) is 0 Å². The second kappa shape index (κ2) is 9.99. The molecule has 3 rings (SSSR count). The van der Waals surface area contributed by atoms with Gasteiger partial charge < -0.3 is 9.64 Å². The Morgan fingerprint density at radius 2 is 2.03 bits per heavy atom. The Balaban J connectivity index is 1.59. The number of urea groups is 1. The van der Waals surface area contributed by atoms with Crippen LogP contribution in [0.15, 0.2) is 30.4 Å². The molecule has 10 heteroatoms. The van der Waals surface area contributed by atoms with Gasteiger partial charge in [-0.3, -0.25) is 10.1 Å². The van der Waals surface area contributed by atoms with Gasteiger partial charge in [0.15, 0.2) is 11.6 Å². The third-order valence-electron chi connectivity index (χ3n) is 5.53. The summed E-state index contributed by atoms with van der Waals surface area (Å²) in [5.41, 5.74) is -0.0482. The van der Waals surface area contributed by atoms with Crippen LogP contribution in [0.25, 0.3) is 0 Å². The fourth-order valence-electron chi connectivity index (χ4n) is 3.67. The van der Waals surface area contributed by atoms with Gasteiger partial charge in [-0.05, 0) is 49.3 Å². The van der Waals surface area contributed by atoms with E-state index in [-0.39, 0.29) is 42.8 Å². The van der Waals surface area contributed by atoms with Crippen molar-refractivity contribution >= 4 is 22.0 Å². The number of allylic oxidation sites excluding steroid dienone is 1. The Morgan fingerprint density at radius 1 is 1.28 bits per heavy atom. The van der Waals surface area contributed by atoms with Crippen LogP contribution >= 0.6 is 0 Å². The molecule has 1 aromatic rings. The van der Waals surface area contributed by atoms with Crippen LogP contribution in [0.3, 0.4) is 0 Å². The molecule has 2 fully saturated rings. The van der Waals surface area contributed by atoms with Crippen LogP contribution in [-0.4, -0.2) is 50.7 Å². The maximum Gasteiger partial charge on any atom is 0.324 e. The number of nitrogens with zero attached hydrogens (tertiary/aromatic N) is 1. The number of hydrogen-bond donors (Lipinski definition) is 2. The molecule has 1 aromatic carbocycles. The van der Waals surface area contributed by atoms with Crippen LogP contribution in [-0.2, 0) is 20.4 Å². The molecular formula is C22H30FN3O5S. The average molecular weight is 468 g/mol. The zero-order chi connectivity index (χ0) is 23.4. The molecule has 8 nitrogen and oxygen atoms in total. The van der Waals surface area contributed by atoms with E-state index in [0.29, 0.717) is 25.0 Å². The molecule has 2 aliphatic rings. The van der Waals surface area contributed by atoms with Gasteiger partial charge in [-0.1, -0.05) is 32.1 Å². The van der Waals surface area contributed by atoms with Crippen molar-refractivity contribution in [3.8, 4) is 5.75 Å². The van der Waals surface area contributed by atoms with Crippen molar-refractivity contribution in [3.05, 3.63) is 41.7 Å². The van der Waals surface area contributed by atoms with Crippen molar-refractivity contribution in [2.24, 2.45) is 5.92 Å². The van der Waals surface area contributed by atoms with Crippen LogP contribution in [0, 0.1) is 11.7 Å². The predicted octanol–water partition coefficient (Wildman–Crippen LogP) is 2.66. The Kier molecular flexibility index (Phi) is 7.55. The molecule has 1 heterocycles. The van der Waals surface area contributed by atoms with E-state index in [0.717, 1.165) is 6.42 Å². The molecule has 1 saturated heterocycles. The smallest absolute Gasteiger partial charge is 0.324 e. The number of carbonyl (C=O) groups excluding carboxylic acids is 2. The van der Waals surface area contributed by atoms with E-state index in [9.17, 15) is 22.4 Å². The molecule has 0 aromatic heterocycles. The highest BCUT2D eigenvalue weighted by molar-refractivity contribution is 7.89. The van der Waals surface area contributed by atoms with Crippen molar-refractivity contribution < 1.29 is 27.1 Å². The summed E-state index contributed by atoms with van der Waals surface area (Å²) in [5, 5.41) is 2.18. The Bertz CT molecular complexity index is 989. The first-order valence-electron chi connectivity index (χ1n) is 10.8. The number of carbonyl (C=O) groups is 2. The van der Waals surface area contributed by atoms with Crippen LogP contribution in [0.1, 0.15) is 45.1 Å².